The van der Waals surface area contributed by atoms with Crippen molar-refractivity contribution in [2.45, 2.75) is 51.5 Å². The van der Waals surface area contributed by atoms with Gasteiger partial charge in [0.15, 0.2) is 0 Å². The molecule has 2 aromatic rings. The molecule has 4 nitrogen and oxygen atoms in total. The first kappa shape index (κ1) is 14.6. The summed E-state index contributed by atoms with van der Waals surface area (Å²) in [6.45, 7) is 2.71. The summed E-state index contributed by atoms with van der Waals surface area (Å²) in [6.07, 6.45) is 5.98. The lowest BCUT2D eigenvalue weighted by atomic mass is 9.85. The average Bonchev–Trinajstić information content (AvgIpc) is 2.86. The van der Waals surface area contributed by atoms with Gasteiger partial charge < -0.3 is 5.73 Å². The van der Waals surface area contributed by atoms with E-state index in [-0.39, 0.29) is 0 Å². The monoisotopic (exact) mass is 294 g/mol. The Labute approximate surface area is 131 Å². The summed E-state index contributed by atoms with van der Waals surface area (Å²) in [7, 11) is 0. The summed E-state index contributed by atoms with van der Waals surface area (Å²) < 4.78 is 1.80. The lowest BCUT2D eigenvalue weighted by Gasteiger charge is -2.19. The average molecular weight is 294 g/mol. The molecule has 1 aliphatic rings. The van der Waals surface area contributed by atoms with Gasteiger partial charge in [0.1, 0.15) is 17.5 Å². The molecule has 1 saturated carbocycles. The lowest BCUT2D eigenvalue weighted by molar-refractivity contribution is 0.432. The van der Waals surface area contributed by atoms with Crippen LogP contribution in [0.5, 0.6) is 0 Å². The Morgan fingerprint density at radius 2 is 2.00 bits per heavy atom. The molecule has 0 aliphatic heterocycles. The van der Waals surface area contributed by atoms with Gasteiger partial charge in [0.2, 0.25) is 0 Å². The van der Waals surface area contributed by atoms with E-state index in [1.54, 1.807) is 4.68 Å². The van der Waals surface area contributed by atoms with Crippen molar-refractivity contribution < 1.29 is 0 Å². The summed E-state index contributed by atoms with van der Waals surface area (Å²) in [5.74, 6) is 0.898. The second-order valence-electron chi connectivity index (χ2n) is 6.18. The minimum absolute atomic E-state index is 0.392. The minimum Gasteiger partial charge on any atom is -0.383 e. The molecule has 114 valence electrons. The van der Waals surface area contributed by atoms with Gasteiger partial charge in [-0.3, -0.25) is 0 Å². The van der Waals surface area contributed by atoms with Crippen molar-refractivity contribution in [3.8, 4) is 6.07 Å². The number of hydrogen-bond acceptors (Lipinski definition) is 3. The summed E-state index contributed by atoms with van der Waals surface area (Å²) in [5.41, 5.74) is 10.1. The van der Waals surface area contributed by atoms with Crippen LogP contribution in [0.3, 0.4) is 0 Å². The fourth-order valence-corrected chi connectivity index (χ4v) is 3.34. The quantitative estimate of drug-likeness (QED) is 0.937. The van der Waals surface area contributed by atoms with Crippen molar-refractivity contribution >= 4 is 5.82 Å². The maximum atomic E-state index is 9.48. The van der Waals surface area contributed by atoms with Gasteiger partial charge in [-0.15, -0.1) is 0 Å². The zero-order valence-electron chi connectivity index (χ0n) is 13.0. The molecule has 1 heterocycles. The van der Waals surface area contributed by atoms with E-state index in [0.717, 1.165) is 18.5 Å². The predicted octanol–water partition coefficient (Wildman–Crippen LogP) is 3.74. The highest BCUT2D eigenvalue weighted by Gasteiger charge is 2.25. The van der Waals surface area contributed by atoms with Gasteiger partial charge in [-0.25, -0.2) is 4.68 Å². The number of nitrogen functional groups attached to an aromatic ring is 1. The van der Waals surface area contributed by atoms with Gasteiger partial charge >= 0.3 is 0 Å². The maximum Gasteiger partial charge on any atom is 0.140 e. The second kappa shape index (κ2) is 6.23. The van der Waals surface area contributed by atoms with Crippen molar-refractivity contribution in [2.24, 2.45) is 0 Å². The van der Waals surface area contributed by atoms with E-state index in [1.165, 1.54) is 30.4 Å². The molecule has 0 radical (unpaired) electrons. The summed E-state index contributed by atoms with van der Waals surface area (Å²) in [6, 6.07) is 10.5. The Morgan fingerprint density at radius 3 is 2.68 bits per heavy atom. The van der Waals surface area contributed by atoms with Crippen LogP contribution in [0, 0.1) is 18.3 Å². The molecule has 0 bridgehead atoms. The third kappa shape index (κ3) is 2.71. The molecule has 0 unspecified atom stereocenters. The molecule has 1 aliphatic carbocycles. The molecule has 1 fully saturated rings. The first-order valence-corrected chi connectivity index (χ1v) is 8.01. The van der Waals surface area contributed by atoms with Crippen LogP contribution in [0.25, 0.3) is 0 Å². The second-order valence-corrected chi connectivity index (χ2v) is 6.18. The van der Waals surface area contributed by atoms with Crippen LogP contribution in [0.1, 0.15) is 60.4 Å². The van der Waals surface area contributed by atoms with Gasteiger partial charge in [-0.05, 0) is 30.9 Å². The Balaban J connectivity index is 1.94. The number of hydrogen-bond donors (Lipinski definition) is 1. The molecular weight excluding hydrogens is 272 g/mol. The van der Waals surface area contributed by atoms with Crippen LogP contribution < -0.4 is 5.73 Å². The van der Waals surface area contributed by atoms with Crippen molar-refractivity contribution in [2.75, 3.05) is 5.73 Å². The molecule has 0 spiro atoms. The van der Waals surface area contributed by atoms with Gasteiger partial charge in [-0.2, -0.15) is 10.4 Å². The largest absolute Gasteiger partial charge is 0.383 e. The molecule has 3 rings (SSSR count). The minimum atomic E-state index is 0.392. The Bertz CT molecular complexity index is 702. The van der Waals surface area contributed by atoms with E-state index in [9.17, 15) is 5.26 Å². The first-order valence-electron chi connectivity index (χ1n) is 8.01. The van der Waals surface area contributed by atoms with E-state index < -0.39 is 0 Å². The van der Waals surface area contributed by atoms with Crippen molar-refractivity contribution in [3.63, 3.8) is 0 Å². The van der Waals surface area contributed by atoms with Crippen molar-refractivity contribution in [3.05, 3.63) is 46.6 Å². The standard InChI is InChI=1S/C18H22N4/c1-13-7-5-6-10-15(13)12-22-18(20)16(11-19)17(21-22)14-8-3-2-4-9-14/h5-7,10,14H,2-4,8-9,12,20H2,1H3. The summed E-state index contributed by atoms with van der Waals surface area (Å²) in [4.78, 5) is 0. The SMILES string of the molecule is Cc1ccccc1Cn1nc(C2CCCCC2)c(C#N)c1N. The number of nitriles is 1. The van der Waals surface area contributed by atoms with Crippen LogP contribution >= 0.6 is 0 Å². The van der Waals surface area contributed by atoms with E-state index in [2.05, 4.69) is 25.1 Å². The van der Waals surface area contributed by atoms with Gasteiger partial charge in [-0.1, -0.05) is 43.5 Å². The molecule has 1 aromatic heterocycles. The van der Waals surface area contributed by atoms with Gasteiger partial charge in [0.25, 0.3) is 0 Å². The fourth-order valence-electron chi connectivity index (χ4n) is 3.34. The number of nitrogens with zero attached hydrogens (tertiary/aromatic N) is 3. The number of aryl methyl sites for hydroxylation is 1. The molecular formula is C18H22N4. The fraction of sp³-hybridized carbons (Fsp3) is 0.444. The number of rotatable bonds is 3. The molecule has 0 atom stereocenters. The van der Waals surface area contributed by atoms with E-state index in [4.69, 9.17) is 10.8 Å². The van der Waals surface area contributed by atoms with E-state index in [1.807, 2.05) is 12.1 Å². The van der Waals surface area contributed by atoms with Crippen LogP contribution in [0.2, 0.25) is 0 Å². The topological polar surface area (TPSA) is 67.6 Å². The third-order valence-corrected chi connectivity index (χ3v) is 4.70. The smallest absolute Gasteiger partial charge is 0.140 e. The van der Waals surface area contributed by atoms with Crippen molar-refractivity contribution in [1.82, 2.24) is 9.78 Å². The normalized spacial score (nSPS) is 15.6. The first-order chi connectivity index (χ1) is 10.7. The Morgan fingerprint density at radius 1 is 1.27 bits per heavy atom. The van der Waals surface area contributed by atoms with Crippen LogP contribution in [0.15, 0.2) is 24.3 Å². The Hall–Kier alpha value is -2.28. The number of anilines is 1. The zero-order chi connectivity index (χ0) is 15.5. The highest BCUT2D eigenvalue weighted by molar-refractivity contribution is 5.53. The molecule has 2 N–H and O–H groups in total. The van der Waals surface area contributed by atoms with E-state index in [0.29, 0.717) is 23.8 Å². The summed E-state index contributed by atoms with van der Waals surface area (Å²) >= 11 is 0. The lowest BCUT2D eigenvalue weighted by Crippen LogP contribution is -2.09. The Kier molecular flexibility index (Phi) is 4.15. The van der Waals surface area contributed by atoms with Crippen LogP contribution in [-0.2, 0) is 6.54 Å². The highest BCUT2D eigenvalue weighted by atomic mass is 15.3. The zero-order valence-corrected chi connectivity index (χ0v) is 13.0. The molecule has 0 amide bonds. The number of nitrogens with two attached hydrogens (primary N) is 1. The highest BCUT2D eigenvalue weighted by Crippen LogP contribution is 2.35. The number of aromatic nitrogens is 2. The van der Waals surface area contributed by atoms with Gasteiger partial charge in [0, 0.05) is 5.92 Å². The number of benzene rings is 1. The maximum absolute atomic E-state index is 9.48. The molecule has 1 aromatic carbocycles. The third-order valence-electron chi connectivity index (χ3n) is 4.70. The molecule has 22 heavy (non-hydrogen) atoms. The predicted molar refractivity (Wildman–Crippen MR) is 87.5 cm³/mol. The summed E-state index contributed by atoms with van der Waals surface area (Å²) in [5, 5.41) is 14.2. The molecule has 4 heteroatoms. The molecule has 0 saturated heterocycles. The van der Waals surface area contributed by atoms with Crippen molar-refractivity contribution in [1.29, 1.82) is 5.26 Å². The van der Waals surface area contributed by atoms with Gasteiger partial charge in [0.05, 0.1) is 12.2 Å². The van der Waals surface area contributed by atoms with Crippen LogP contribution in [-0.4, -0.2) is 9.78 Å². The van der Waals surface area contributed by atoms with E-state index >= 15 is 0 Å². The van der Waals surface area contributed by atoms with Crippen LogP contribution in [0.4, 0.5) is 5.82 Å².